The van der Waals surface area contributed by atoms with E-state index < -0.39 is 0 Å². The number of aryl methyl sites for hydroxylation is 1. The van der Waals surface area contributed by atoms with Gasteiger partial charge in [0, 0.05) is 11.9 Å². The molecule has 21 heavy (non-hydrogen) atoms. The smallest absolute Gasteiger partial charge is 0.358 e. The fourth-order valence-corrected chi connectivity index (χ4v) is 3.29. The third-order valence-electron chi connectivity index (χ3n) is 3.46. The Hall–Kier alpha value is -2.49. The maximum absolute atomic E-state index is 11.4. The van der Waals surface area contributed by atoms with Crippen molar-refractivity contribution in [1.29, 1.82) is 0 Å². The van der Waals surface area contributed by atoms with Gasteiger partial charge >= 0.3 is 5.82 Å². The third kappa shape index (κ3) is 1.79. The van der Waals surface area contributed by atoms with E-state index in [-0.39, 0.29) is 10.7 Å². The van der Waals surface area contributed by atoms with Gasteiger partial charge in [0.05, 0.1) is 13.1 Å². The van der Waals surface area contributed by atoms with Gasteiger partial charge in [0.25, 0.3) is 4.96 Å². The SMILES string of the molecule is Cc1nc2n(n1)CCN(c1nc3sccn3c1[N+](=O)[O-])C2. The van der Waals surface area contributed by atoms with Crippen LogP contribution in [0.25, 0.3) is 4.96 Å². The number of hydrogen-bond acceptors (Lipinski definition) is 7. The number of fused-ring (bicyclic) bond motifs is 2. The van der Waals surface area contributed by atoms with Crippen molar-refractivity contribution in [2.45, 2.75) is 20.0 Å². The molecule has 0 aliphatic carbocycles. The van der Waals surface area contributed by atoms with Crippen molar-refractivity contribution >= 4 is 27.9 Å². The number of rotatable bonds is 2. The van der Waals surface area contributed by atoms with Gasteiger partial charge in [-0.05, 0) is 11.8 Å². The highest BCUT2D eigenvalue weighted by atomic mass is 32.1. The highest BCUT2D eigenvalue weighted by Crippen LogP contribution is 2.32. The number of imidazole rings is 1. The summed E-state index contributed by atoms with van der Waals surface area (Å²) in [6.45, 7) is 3.59. The topological polar surface area (TPSA) is 94.4 Å². The van der Waals surface area contributed by atoms with Crippen molar-refractivity contribution in [2.75, 3.05) is 11.4 Å². The largest absolute Gasteiger partial charge is 0.373 e. The molecule has 0 saturated carbocycles. The molecule has 108 valence electrons. The van der Waals surface area contributed by atoms with Crippen molar-refractivity contribution < 1.29 is 4.92 Å². The quantitative estimate of drug-likeness (QED) is 0.522. The summed E-state index contributed by atoms with van der Waals surface area (Å²) >= 11 is 1.38. The van der Waals surface area contributed by atoms with Crippen LogP contribution in [-0.2, 0) is 13.1 Å². The maximum Gasteiger partial charge on any atom is 0.373 e. The van der Waals surface area contributed by atoms with E-state index in [9.17, 15) is 10.1 Å². The zero-order chi connectivity index (χ0) is 14.6. The van der Waals surface area contributed by atoms with Gasteiger partial charge in [0.15, 0.2) is 0 Å². The molecule has 1 aliphatic rings. The molecule has 0 amide bonds. The van der Waals surface area contributed by atoms with E-state index in [2.05, 4.69) is 15.1 Å². The predicted molar refractivity (Wildman–Crippen MR) is 75.5 cm³/mol. The molecule has 3 aromatic rings. The van der Waals surface area contributed by atoms with Crippen LogP contribution in [0.4, 0.5) is 11.6 Å². The fraction of sp³-hybridized carbons (Fsp3) is 0.364. The van der Waals surface area contributed by atoms with E-state index in [0.717, 1.165) is 5.82 Å². The van der Waals surface area contributed by atoms with E-state index in [1.807, 2.05) is 16.5 Å². The first kappa shape index (κ1) is 12.3. The van der Waals surface area contributed by atoms with Gasteiger partial charge in [-0.2, -0.15) is 14.5 Å². The van der Waals surface area contributed by atoms with Gasteiger partial charge in [-0.1, -0.05) is 11.3 Å². The lowest BCUT2D eigenvalue weighted by molar-refractivity contribution is -0.389. The molecular formula is C11H11N7O2S. The van der Waals surface area contributed by atoms with E-state index in [4.69, 9.17) is 0 Å². The predicted octanol–water partition coefficient (Wildman–Crippen LogP) is 1.22. The molecule has 0 atom stereocenters. The average Bonchev–Trinajstić information content (AvgIpc) is 3.07. The number of aromatic nitrogens is 5. The van der Waals surface area contributed by atoms with Crippen LogP contribution in [0.15, 0.2) is 11.6 Å². The minimum Gasteiger partial charge on any atom is -0.358 e. The van der Waals surface area contributed by atoms with Crippen molar-refractivity contribution in [2.24, 2.45) is 0 Å². The first-order chi connectivity index (χ1) is 10.1. The van der Waals surface area contributed by atoms with Crippen LogP contribution >= 0.6 is 11.3 Å². The highest BCUT2D eigenvalue weighted by Gasteiger charge is 2.30. The summed E-state index contributed by atoms with van der Waals surface area (Å²) in [4.78, 5) is 22.3. The van der Waals surface area contributed by atoms with Gasteiger partial charge in [0.1, 0.15) is 17.8 Å². The fourth-order valence-electron chi connectivity index (χ4n) is 2.59. The second kappa shape index (κ2) is 4.25. The van der Waals surface area contributed by atoms with Crippen LogP contribution in [0.1, 0.15) is 11.6 Å². The Bertz CT molecular complexity index is 848. The molecule has 9 nitrogen and oxygen atoms in total. The lowest BCUT2D eigenvalue weighted by Crippen LogP contribution is -2.34. The molecule has 0 aromatic carbocycles. The Labute approximate surface area is 122 Å². The molecule has 0 saturated heterocycles. The molecule has 0 spiro atoms. The van der Waals surface area contributed by atoms with Crippen LogP contribution < -0.4 is 4.90 Å². The van der Waals surface area contributed by atoms with Gasteiger partial charge in [-0.3, -0.25) is 0 Å². The zero-order valence-electron chi connectivity index (χ0n) is 11.1. The zero-order valence-corrected chi connectivity index (χ0v) is 11.9. The number of anilines is 1. The summed E-state index contributed by atoms with van der Waals surface area (Å²) in [6, 6.07) is 0. The second-order valence-electron chi connectivity index (χ2n) is 4.79. The molecule has 3 aromatic heterocycles. The van der Waals surface area contributed by atoms with E-state index in [1.54, 1.807) is 11.6 Å². The Morgan fingerprint density at radius 3 is 3.05 bits per heavy atom. The first-order valence-corrected chi connectivity index (χ1v) is 7.26. The third-order valence-corrected chi connectivity index (χ3v) is 4.22. The summed E-state index contributed by atoms with van der Waals surface area (Å²) in [5.41, 5.74) is 0. The average molecular weight is 305 g/mol. The standard InChI is InChI=1S/C11H11N7O2S/c1-7-12-8-6-15(2-3-17(8)14-7)9-10(18(19)20)16-4-5-21-11(16)13-9/h4-5H,2-3,6H2,1H3. The van der Waals surface area contributed by atoms with Crippen LogP contribution in [0.3, 0.4) is 0 Å². The highest BCUT2D eigenvalue weighted by molar-refractivity contribution is 7.15. The van der Waals surface area contributed by atoms with E-state index in [1.165, 1.54) is 15.7 Å². The van der Waals surface area contributed by atoms with E-state index in [0.29, 0.717) is 36.2 Å². The Balaban J connectivity index is 1.79. The Kier molecular flexibility index (Phi) is 2.48. The van der Waals surface area contributed by atoms with Gasteiger partial charge < -0.3 is 15.0 Å². The van der Waals surface area contributed by atoms with Gasteiger partial charge in [-0.15, -0.1) is 0 Å². The number of nitro groups is 1. The summed E-state index contributed by atoms with van der Waals surface area (Å²) < 4.78 is 3.36. The molecule has 0 radical (unpaired) electrons. The molecule has 4 rings (SSSR count). The monoisotopic (exact) mass is 305 g/mol. The van der Waals surface area contributed by atoms with Crippen LogP contribution in [0.2, 0.25) is 0 Å². The molecule has 10 heteroatoms. The van der Waals surface area contributed by atoms with E-state index >= 15 is 0 Å². The number of thiazole rings is 1. The molecule has 0 fully saturated rings. The summed E-state index contributed by atoms with van der Waals surface area (Å²) in [5, 5.41) is 17.5. The van der Waals surface area contributed by atoms with Crippen LogP contribution in [0, 0.1) is 17.0 Å². The minimum absolute atomic E-state index is 0.0101. The summed E-state index contributed by atoms with van der Waals surface area (Å²) in [7, 11) is 0. The van der Waals surface area contributed by atoms with Gasteiger partial charge in [-0.25, -0.2) is 9.67 Å². The maximum atomic E-state index is 11.4. The van der Waals surface area contributed by atoms with Crippen molar-refractivity contribution in [3.63, 3.8) is 0 Å². The van der Waals surface area contributed by atoms with Crippen molar-refractivity contribution in [3.05, 3.63) is 33.3 Å². The Morgan fingerprint density at radius 2 is 2.24 bits per heavy atom. The lowest BCUT2D eigenvalue weighted by atomic mass is 10.3. The number of hydrogen-bond donors (Lipinski definition) is 0. The normalized spacial score (nSPS) is 14.6. The van der Waals surface area contributed by atoms with Crippen molar-refractivity contribution in [1.82, 2.24) is 24.1 Å². The molecule has 0 bridgehead atoms. The van der Waals surface area contributed by atoms with Crippen molar-refractivity contribution in [3.8, 4) is 0 Å². The number of nitrogens with zero attached hydrogens (tertiary/aromatic N) is 7. The Morgan fingerprint density at radius 1 is 1.38 bits per heavy atom. The summed E-state index contributed by atoms with van der Waals surface area (Å²) in [5.74, 6) is 1.94. The molecular weight excluding hydrogens is 294 g/mol. The molecule has 0 unspecified atom stereocenters. The van der Waals surface area contributed by atoms with Crippen LogP contribution in [0.5, 0.6) is 0 Å². The lowest BCUT2D eigenvalue weighted by Gasteiger charge is -2.25. The van der Waals surface area contributed by atoms with Crippen LogP contribution in [-0.4, -0.2) is 35.6 Å². The molecule has 1 aliphatic heterocycles. The summed E-state index contributed by atoms with van der Waals surface area (Å²) in [6.07, 6.45) is 1.67. The molecule has 4 heterocycles. The molecule has 0 N–H and O–H groups in total. The minimum atomic E-state index is -0.382. The first-order valence-electron chi connectivity index (χ1n) is 6.38. The second-order valence-corrected chi connectivity index (χ2v) is 5.66. The van der Waals surface area contributed by atoms with Gasteiger partial charge in [0.2, 0.25) is 5.82 Å².